The van der Waals surface area contributed by atoms with Crippen molar-refractivity contribution in [2.45, 2.75) is 13.0 Å². The Labute approximate surface area is 182 Å². The highest BCUT2D eigenvalue weighted by atomic mass is 32.1. The molecule has 0 fully saturated rings. The van der Waals surface area contributed by atoms with Gasteiger partial charge in [-0.1, -0.05) is 36.4 Å². The smallest absolute Gasteiger partial charge is 0.279 e. The van der Waals surface area contributed by atoms with E-state index in [1.54, 1.807) is 13.0 Å². The van der Waals surface area contributed by atoms with E-state index in [0.29, 0.717) is 5.75 Å². The lowest BCUT2D eigenvalue weighted by atomic mass is 10.1. The van der Waals surface area contributed by atoms with Crippen LogP contribution in [0.1, 0.15) is 17.3 Å². The third-order valence-corrected chi connectivity index (χ3v) is 4.45. The van der Waals surface area contributed by atoms with Crippen molar-refractivity contribution in [3.8, 4) is 5.75 Å². The van der Waals surface area contributed by atoms with E-state index < -0.39 is 22.8 Å². The van der Waals surface area contributed by atoms with Crippen LogP contribution in [-0.2, 0) is 4.79 Å². The maximum atomic E-state index is 12.2. The van der Waals surface area contributed by atoms with Crippen molar-refractivity contribution in [1.82, 2.24) is 16.2 Å². The van der Waals surface area contributed by atoms with Gasteiger partial charge in [-0.05, 0) is 48.1 Å². The van der Waals surface area contributed by atoms with E-state index in [-0.39, 0.29) is 16.4 Å². The van der Waals surface area contributed by atoms with Gasteiger partial charge in [-0.2, -0.15) is 0 Å². The second-order valence-electron chi connectivity index (χ2n) is 6.47. The van der Waals surface area contributed by atoms with E-state index in [9.17, 15) is 19.7 Å². The monoisotopic (exact) mass is 438 g/mol. The molecule has 0 saturated heterocycles. The molecule has 31 heavy (non-hydrogen) atoms. The molecular weight excluding hydrogens is 420 g/mol. The third-order valence-electron chi connectivity index (χ3n) is 4.25. The van der Waals surface area contributed by atoms with Gasteiger partial charge in [0.25, 0.3) is 17.5 Å². The van der Waals surface area contributed by atoms with Crippen molar-refractivity contribution >= 4 is 45.6 Å². The minimum Gasteiger partial charge on any atom is -0.481 e. The van der Waals surface area contributed by atoms with Gasteiger partial charge in [0, 0.05) is 17.7 Å². The lowest BCUT2D eigenvalue weighted by Gasteiger charge is -2.16. The Bertz CT molecular complexity index is 1170. The summed E-state index contributed by atoms with van der Waals surface area (Å²) in [5.74, 6) is -0.640. The second-order valence-corrected chi connectivity index (χ2v) is 6.88. The average Bonchev–Trinajstić information content (AvgIpc) is 2.77. The number of nitro benzene ring substituents is 1. The minimum absolute atomic E-state index is 0.0534. The Morgan fingerprint density at radius 3 is 2.48 bits per heavy atom. The molecule has 1 unspecified atom stereocenters. The van der Waals surface area contributed by atoms with Crippen LogP contribution in [0.25, 0.3) is 10.8 Å². The first kappa shape index (κ1) is 21.7. The predicted molar refractivity (Wildman–Crippen MR) is 118 cm³/mol. The minimum atomic E-state index is -0.844. The molecule has 3 aromatic carbocycles. The lowest BCUT2D eigenvalue weighted by Crippen LogP contribution is -2.51. The molecular formula is C21H18N4O5S. The number of non-ortho nitro benzene ring substituents is 1. The summed E-state index contributed by atoms with van der Waals surface area (Å²) in [7, 11) is 0. The standard InChI is InChI=1S/C21H18N4O5S/c1-13(30-18-10-9-14-5-2-3-6-15(14)12-18)19(26)23-24-21(31)22-20(27)16-7-4-8-17(11-16)25(28)29/h2-13H,1H3,(H,23,26)(H2,22,24,27,31). The van der Waals surface area contributed by atoms with Gasteiger partial charge >= 0.3 is 0 Å². The van der Waals surface area contributed by atoms with Crippen molar-refractivity contribution < 1.29 is 19.2 Å². The van der Waals surface area contributed by atoms with Crippen LogP contribution in [0, 0.1) is 10.1 Å². The van der Waals surface area contributed by atoms with Crippen LogP contribution >= 0.6 is 12.2 Å². The van der Waals surface area contributed by atoms with Gasteiger partial charge in [0.1, 0.15) is 5.75 Å². The molecule has 0 aliphatic carbocycles. The maximum Gasteiger partial charge on any atom is 0.279 e. The first-order chi connectivity index (χ1) is 14.8. The summed E-state index contributed by atoms with van der Waals surface area (Å²) in [6.45, 7) is 1.57. The Kier molecular flexibility index (Phi) is 6.73. The molecule has 3 rings (SSSR count). The zero-order chi connectivity index (χ0) is 22.4. The normalized spacial score (nSPS) is 11.3. The molecule has 3 N–H and O–H groups in total. The molecule has 0 radical (unpaired) electrons. The molecule has 3 aromatic rings. The average molecular weight is 438 g/mol. The van der Waals surface area contributed by atoms with Gasteiger partial charge in [-0.25, -0.2) is 0 Å². The molecule has 9 nitrogen and oxygen atoms in total. The number of hydrazine groups is 1. The van der Waals surface area contributed by atoms with E-state index in [4.69, 9.17) is 17.0 Å². The topological polar surface area (TPSA) is 123 Å². The summed E-state index contributed by atoms with van der Waals surface area (Å²) in [5, 5.41) is 15.0. The summed E-state index contributed by atoms with van der Waals surface area (Å²) in [6.07, 6.45) is -0.844. The molecule has 0 bridgehead atoms. The Hall–Kier alpha value is -4.05. The number of hydrogen-bond acceptors (Lipinski definition) is 6. The molecule has 10 heteroatoms. The van der Waals surface area contributed by atoms with Crippen LogP contribution < -0.4 is 20.9 Å². The zero-order valence-electron chi connectivity index (χ0n) is 16.3. The first-order valence-electron chi connectivity index (χ1n) is 9.14. The summed E-state index contributed by atoms with van der Waals surface area (Å²) in [6, 6.07) is 18.4. The highest BCUT2D eigenvalue weighted by molar-refractivity contribution is 7.80. The highest BCUT2D eigenvalue weighted by Crippen LogP contribution is 2.21. The van der Waals surface area contributed by atoms with Crippen LogP contribution in [-0.4, -0.2) is 28.0 Å². The SMILES string of the molecule is CC(Oc1ccc2ccccc2c1)C(=O)NNC(=S)NC(=O)c1cccc([N+](=O)[O-])c1. The predicted octanol–water partition coefficient (Wildman–Crippen LogP) is 2.85. The van der Waals surface area contributed by atoms with Gasteiger partial charge in [0.05, 0.1) is 4.92 Å². The Balaban J connectivity index is 1.50. The number of fused-ring (bicyclic) bond motifs is 1. The van der Waals surface area contributed by atoms with Crippen LogP contribution in [0.4, 0.5) is 5.69 Å². The van der Waals surface area contributed by atoms with Gasteiger partial charge in [-0.3, -0.25) is 35.9 Å². The van der Waals surface area contributed by atoms with Crippen molar-refractivity contribution in [2.24, 2.45) is 0 Å². The van der Waals surface area contributed by atoms with Gasteiger partial charge in [-0.15, -0.1) is 0 Å². The molecule has 2 amide bonds. The first-order valence-corrected chi connectivity index (χ1v) is 9.55. The van der Waals surface area contributed by atoms with E-state index in [0.717, 1.165) is 16.8 Å². The van der Waals surface area contributed by atoms with Crippen LogP contribution in [0.2, 0.25) is 0 Å². The molecule has 1 atom stereocenters. The second kappa shape index (κ2) is 9.63. The van der Waals surface area contributed by atoms with Crippen molar-refractivity contribution in [3.05, 3.63) is 82.4 Å². The number of carbonyl (C=O) groups is 2. The van der Waals surface area contributed by atoms with E-state index in [2.05, 4.69) is 16.2 Å². The van der Waals surface area contributed by atoms with Crippen molar-refractivity contribution in [3.63, 3.8) is 0 Å². The van der Waals surface area contributed by atoms with Crippen LogP contribution in [0.5, 0.6) is 5.75 Å². The summed E-state index contributed by atoms with van der Waals surface area (Å²) in [4.78, 5) is 34.6. The number of rotatable bonds is 5. The fraction of sp³-hybridized carbons (Fsp3) is 0.0952. The quantitative estimate of drug-likeness (QED) is 0.318. The molecule has 0 aromatic heterocycles. The fourth-order valence-corrected chi connectivity index (χ4v) is 2.83. The number of ether oxygens (including phenoxy) is 1. The molecule has 0 heterocycles. The Morgan fingerprint density at radius 2 is 1.74 bits per heavy atom. The van der Waals surface area contributed by atoms with Gasteiger partial charge in [0.2, 0.25) is 0 Å². The van der Waals surface area contributed by atoms with Crippen LogP contribution in [0.15, 0.2) is 66.7 Å². The number of nitrogens with zero attached hydrogens (tertiary/aromatic N) is 1. The largest absolute Gasteiger partial charge is 0.481 e. The number of benzene rings is 3. The third kappa shape index (κ3) is 5.73. The number of carbonyl (C=O) groups excluding carboxylic acids is 2. The molecule has 158 valence electrons. The molecule has 0 aliphatic heterocycles. The van der Waals surface area contributed by atoms with Crippen molar-refractivity contribution in [2.75, 3.05) is 0 Å². The number of hydrogen-bond donors (Lipinski definition) is 3. The Morgan fingerprint density at radius 1 is 1.00 bits per heavy atom. The summed E-state index contributed by atoms with van der Waals surface area (Å²) in [5.41, 5.74) is 4.58. The van der Waals surface area contributed by atoms with E-state index in [1.807, 2.05) is 36.4 Å². The maximum absolute atomic E-state index is 12.2. The number of amides is 2. The lowest BCUT2D eigenvalue weighted by molar-refractivity contribution is -0.384. The van der Waals surface area contributed by atoms with Gasteiger partial charge in [0.15, 0.2) is 11.2 Å². The summed E-state index contributed by atoms with van der Waals surface area (Å²) >= 11 is 4.97. The zero-order valence-corrected chi connectivity index (χ0v) is 17.1. The molecule has 0 aliphatic rings. The van der Waals surface area contributed by atoms with Crippen molar-refractivity contribution in [1.29, 1.82) is 0 Å². The number of nitro groups is 1. The van der Waals surface area contributed by atoms with Crippen LogP contribution in [0.3, 0.4) is 0 Å². The number of nitrogens with one attached hydrogen (secondary N) is 3. The highest BCUT2D eigenvalue weighted by Gasteiger charge is 2.16. The fourth-order valence-electron chi connectivity index (χ4n) is 2.69. The number of thiocarbonyl (C=S) groups is 1. The van der Waals surface area contributed by atoms with E-state index >= 15 is 0 Å². The summed E-state index contributed by atoms with van der Waals surface area (Å²) < 4.78 is 5.66. The molecule has 0 spiro atoms. The van der Waals surface area contributed by atoms with E-state index in [1.165, 1.54) is 18.2 Å². The van der Waals surface area contributed by atoms with Gasteiger partial charge < -0.3 is 4.74 Å². The molecule has 0 saturated carbocycles.